The lowest BCUT2D eigenvalue weighted by Gasteiger charge is -2.01. The monoisotopic (exact) mass is 465 g/mol. The highest BCUT2D eigenvalue weighted by Crippen LogP contribution is 2.30. The summed E-state index contributed by atoms with van der Waals surface area (Å²) in [5, 5.41) is 14.6. The van der Waals surface area contributed by atoms with E-state index in [1.165, 1.54) is 21.6 Å². The van der Waals surface area contributed by atoms with Gasteiger partial charge in [-0.05, 0) is 38.0 Å². The number of aromatic amines is 1. The third-order valence-corrected chi connectivity index (χ3v) is 6.41. The molecule has 0 aliphatic heterocycles. The molecule has 0 amide bonds. The number of hydrogen-bond donors (Lipinski definition) is 1. The number of nitrogens with one attached hydrogen (secondary N) is 1. The number of nitrogens with zero attached hydrogens (tertiary/aromatic N) is 4. The molecule has 0 aliphatic rings. The van der Waals surface area contributed by atoms with E-state index in [4.69, 9.17) is 4.98 Å². The highest BCUT2D eigenvalue weighted by molar-refractivity contribution is 7.12. The summed E-state index contributed by atoms with van der Waals surface area (Å²) in [7, 11) is 0. The van der Waals surface area contributed by atoms with E-state index in [2.05, 4.69) is 27.5 Å². The van der Waals surface area contributed by atoms with Crippen LogP contribution in [0.2, 0.25) is 0 Å². The number of azo groups is 1. The maximum absolute atomic E-state index is 13.5. The van der Waals surface area contributed by atoms with Gasteiger partial charge in [0, 0.05) is 16.5 Å². The zero-order chi connectivity index (χ0) is 23.7. The van der Waals surface area contributed by atoms with Crippen molar-refractivity contribution in [3.05, 3.63) is 105 Å². The Labute approximate surface area is 201 Å². The highest BCUT2D eigenvalue weighted by Gasteiger charge is 2.19. The van der Waals surface area contributed by atoms with Gasteiger partial charge in [0.05, 0.1) is 17.1 Å². The fourth-order valence-corrected chi connectivity index (χ4v) is 4.41. The Morgan fingerprint density at radius 2 is 1.59 bits per heavy atom. The van der Waals surface area contributed by atoms with Crippen molar-refractivity contribution in [1.29, 1.82) is 0 Å². The Morgan fingerprint density at radius 3 is 2.35 bits per heavy atom. The van der Waals surface area contributed by atoms with Crippen molar-refractivity contribution in [1.82, 2.24) is 14.8 Å². The zero-order valence-corrected chi connectivity index (χ0v) is 19.9. The first kappa shape index (κ1) is 21.7. The summed E-state index contributed by atoms with van der Waals surface area (Å²) in [5.74, 6) is 0. The lowest BCUT2D eigenvalue weighted by molar-refractivity contribution is 0.843. The van der Waals surface area contributed by atoms with Gasteiger partial charge < -0.3 is 0 Å². The lowest BCUT2D eigenvalue weighted by atomic mass is 10.1. The summed E-state index contributed by atoms with van der Waals surface area (Å²) in [4.78, 5) is 18.2. The quantitative estimate of drug-likeness (QED) is 0.277. The third-order valence-electron chi connectivity index (χ3n) is 5.58. The van der Waals surface area contributed by atoms with Crippen LogP contribution in [-0.4, -0.2) is 14.8 Å². The molecule has 0 radical (unpaired) electrons. The minimum atomic E-state index is -0.294. The van der Waals surface area contributed by atoms with Crippen molar-refractivity contribution in [2.24, 2.45) is 10.2 Å². The predicted octanol–water partition coefficient (Wildman–Crippen LogP) is 7.30. The van der Waals surface area contributed by atoms with Gasteiger partial charge in [-0.3, -0.25) is 9.89 Å². The molecule has 0 saturated heterocycles. The van der Waals surface area contributed by atoms with Crippen molar-refractivity contribution in [2.75, 3.05) is 0 Å². The molecule has 34 heavy (non-hydrogen) atoms. The zero-order valence-electron chi connectivity index (χ0n) is 19.1. The molecule has 168 valence electrons. The highest BCUT2D eigenvalue weighted by atomic mass is 32.1. The largest absolute Gasteiger partial charge is 0.301 e. The van der Waals surface area contributed by atoms with Gasteiger partial charge in [0.2, 0.25) is 5.13 Å². The van der Waals surface area contributed by atoms with Crippen LogP contribution in [0.1, 0.15) is 16.7 Å². The van der Waals surface area contributed by atoms with Crippen molar-refractivity contribution in [3.63, 3.8) is 0 Å². The summed E-state index contributed by atoms with van der Waals surface area (Å²) in [6.45, 7) is 6.03. The molecular formula is C27H23N5OS. The number of hydrogen-bond acceptors (Lipinski definition) is 5. The average Bonchev–Trinajstić information content (AvgIpc) is 3.45. The van der Waals surface area contributed by atoms with Crippen LogP contribution < -0.4 is 5.56 Å². The fraction of sp³-hybridized carbons (Fsp3) is 0.111. The van der Waals surface area contributed by atoms with Gasteiger partial charge >= 0.3 is 5.56 Å². The van der Waals surface area contributed by atoms with Gasteiger partial charge in [-0.2, -0.15) is 9.80 Å². The molecule has 0 spiro atoms. The third kappa shape index (κ3) is 4.25. The number of H-pyrrole nitrogens is 1. The summed E-state index contributed by atoms with van der Waals surface area (Å²) < 4.78 is 1.45. The van der Waals surface area contributed by atoms with Crippen LogP contribution in [0.3, 0.4) is 0 Å². The molecule has 0 aliphatic carbocycles. The summed E-state index contributed by atoms with van der Waals surface area (Å²) >= 11 is 1.40. The number of rotatable bonds is 5. The summed E-state index contributed by atoms with van der Waals surface area (Å²) in [6, 6.07) is 23.8. The molecule has 5 aromatic rings. The van der Waals surface area contributed by atoms with Crippen molar-refractivity contribution in [3.8, 4) is 27.6 Å². The van der Waals surface area contributed by atoms with Crippen LogP contribution in [0.5, 0.6) is 0 Å². The van der Waals surface area contributed by atoms with E-state index in [1.807, 2.05) is 86.8 Å². The van der Waals surface area contributed by atoms with E-state index in [0.717, 1.165) is 33.6 Å². The normalized spacial score (nSPS) is 11.4. The molecule has 0 saturated carbocycles. The average molecular weight is 466 g/mol. The van der Waals surface area contributed by atoms with Gasteiger partial charge in [-0.15, -0.1) is 16.5 Å². The lowest BCUT2D eigenvalue weighted by Crippen LogP contribution is -2.13. The maximum Gasteiger partial charge on any atom is 0.301 e. The van der Waals surface area contributed by atoms with Gasteiger partial charge in [0.15, 0.2) is 5.69 Å². The first-order valence-corrected chi connectivity index (χ1v) is 11.8. The molecule has 0 atom stereocenters. The molecule has 6 nitrogen and oxygen atoms in total. The second-order valence-electron chi connectivity index (χ2n) is 8.21. The second-order valence-corrected chi connectivity index (χ2v) is 9.05. The number of thiazole rings is 1. The van der Waals surface area contributed by atoms with Gasteiger partial charge in [-0.1, -0.05) is 72.3 Å². The Hall–Kier alpha value is -4.10. The van der Waals surface area contributed by atoms with E-state index >= 15 is 0 Å². The van der Waals surface area contributed by atoms with Gasteiger partial charge in [0.25, 0.3) is 0 Å². The molecule has 3 aromatic carbocycles. The molecule has 0 unspecified atom stereocenters. The smallest absolute Gasteiger partial charge is 0.286 e. The van der Waals surface area contributed by atoms with E-state index in [1.54, 1.807) is 0 Å². The van der Waals surface area contributed by atoms with Crippen LogP contribution in [0.25, 0.3) is 27.6 Å². The number of aromatic nitrogens is 3. The Balaban J connectivity index is 1.61. The van der Waals surface area contributed by atoms with Crippen molar-refractivity contribution in [2.45, 2.75) is 20.8 Å². The molecule has 0 fully saturated rings. The van der Waals surface area contributed by atoms with Crippen LogP contribution >= 0.6 is 11.3 Å². The van der Waals surface area contributed by atoms with E-state index in [0.29, 0.717) is 10.8 Å². The molecule has 5 rings (SSSR count). The Morgan fingerprint density at radius 1 is 0.853 bits per heavy atom. The van der Waals surface area contributed by atoms with Gasteiger partial charge in [-0.25, -0.2) is 4.98 Å². The molecule has 2 aromatic heterocycles. The summed E-state index contributed by atoms with van der Waals surface area (Å²) in [5.41, 5.74) is 7.24. The van der Waals surface area contributed by atoms with Crippen molar-refractivity contribution >= 4 is 22.7 Å². The fourth-order valence-electron chi connectivity index (χ4n) is 3.62. The second kappa shape index (κ2) is 9.03. The Bertz CT molecular complexity index is 1540. The maximum atomic E-state index is 13.5. The van der Waals surface area contributed by atoms with E-state index in [-0.39, 0.29) is 11.2 Å². The molecule has 1 N–H and O–H groups in total. The first-order valence-electron chi connectivity index (χ1n) is 10.9. The van der Waals surface area contributed by atoms with Crippen LogP contribution in [0, 0.1) is 20.8 Å². The first-order chi connectivity index (χ1) is 16.5. The van der Waals surface area contributed by atoms with Crippen LogP contribution in [0.15, 0.2) is 93.2 Å². The minimum Gasteiger partial charge on any atom is -0.286 e. The SMILES string of the molecule is Cc1ccc(-c2csc(-n3[nH]c(-c4ccccc4)c(N=Nc4cc(C)ccc4C)c3=O)n2)cc1. The molecular weight excluding hydrogens is 442 g/mol. The van der Waals surface area contributed by atoms with Crippen LogP contribution in [-0.2, 0) is 0 Å². The standard InChI is InChI=1S/C27H23N5OS/c1-17-10-13-20(14-11-17)23-16-34-27(28-23)32-26(33)25(24(31-32)21-7-5-4-6-8-21)30-29-22-15-18(2)9-12-19(22)3/h4-16,31H,1-3H3. The number of benzene rings is 3. The molecule has 7 heteroatoms. The van der Waals surface area contributed by atoms with Gasteiger partial charge in [0.1, 0.15) is 0 Å². The van der Waals surface area contributed by atoms with E-state index < -0.39 is 0 Å². The Kier molecular flexibility index (Phi) is 5.77. The van der Waals surface area contributed by atoms with E-state index in [9.17, 15) is 4.79 Å². The number of aryl methyl sites for hydroxylation is 3. The van der Waals surface area contributed by atoms with Crippen LogP contribution in [0.4, 0.5) is 11.4 Å². The summed E-state index contributed by atoms with van der Waals surface area (Å²) in [6.07, 6.45) is 0. The molecule has 2 heterocycles. The topological polar surface area (TPSA) is 75.4 Å². The molecule has 0 bridgehead atoms. The minimum absolute atomic E-state index is 0.249. The predicted molar refractivity (Wildman–Crippen MR) is 138 cm³/mol. The van der Waals surface area contributed by atoms with Crippen molar-refractivity contribution < 1.29 is 0 Å².